The number of nitrogens with two attached hydrogens (primary N) is 1. The van der Waals surface area contributed by atoms with Gasteiger partial charge in [-0.1, -0.05) is 13.8 Å². The molecule has 0 aromatic rings. The average Bonchev–Trinajstić information content (AvgIpc) is 2.91. The predicted molar refractivity (Wildman–Crippen MR) is 96.6 cm³/mol. The molecule has 4 nitrogen and oxygen atoms in total. The minimum Gasteiger partial charge on any atom is -0.469 e. The fraction of sp³-hybridized carbons (Fsp3) is 0.952. The molecule has 0 amide bonds. The quantitative estimate of drug-likeness (QED) is 0.714. The predicted octanol–water partition coefficient (Wildman–Crippen LogP) is 3.12. The third-order valence-corrected chi connectivity index (χ3v) is 9.13. The van der Waals surface area contributed by atoms with Gasteiger partial charge in [0.1, 0.15) is 0 Å². The van der Waals surface area contributed by atoms with Crippen LogP contribution in [-0.4, -0.2) is 30.3 Å². The van der Waals surface area contributed by atoms with E-state index in [1.165, 1.54) is 20.0 Å². The smallest absolute Gasteiger partial charge is 0.309 e. The maximum atomic E-state index is 12.4. The Morgan fingerprint density at radius 2 is 1.88 bits per heavy atom. The van der Waals surface area contributed by atoms with Gasteiger partial charge in [-0.2, -0.15) is 0 Å². The molecule has 142 valence electrons. The molecule has 0 saturated heterocycles. The van der Waals surface area contributed by atoms with E-state index in [2.05, 4.69) is 13.8 Å². The summed E-state index contributed by atoms with van der Waals surface area (Å²) in [6.45, 7) is 4.76. The second-order valence-electron chi connectivity index (χ2n) is 10.0. The number of aliphatic hydroxyl groups is 1. The van der Waals surface area contributed by atoms with Crippen molar-refractivity contribution in [2.45, 2.75) is 77.4 Å². The number of hydrogen-bond donors (Lipinski definition) is 2. The summed E-state index contributed by atoms with van der Waals surface area (Å²) in [7, 11) is 1.52. The van der Waals surface area contributed by atoms with Gasteiger partial charge in [-0.15, -0.1) is 0 Å². The number of carbonyl (C=O) groups is 1. The molecular weight excluding hydrogens is 314 g/mol. The maximum absolute atomic E-state index is 12.4. The largest absolute Gasteiger partial charge is 0.469 e. The van der Waals surface area contributed by atoms with Gasteiger partial charge in [-0.3, -0.25) is 4.79 Å². The van der Waals surface area contributed by atoms with E-state index in [0.717, 1.165) is 38.5 Å². The van der Waals surface area contributed by atoms with E-state index in [1.807, 2.05) is 0 Å². The van der Waals surface area contributed by atoms with E-state index in [1.54, 1.807) is 0 Å². The third-order valence-electron chi connectivity index (χ3n) is 9.13. The zero-order chi connectivity index (χ0) is 18.0. The number of hydrogen-bond acceptors (Lipinski definition) is 4. The lowest BCUT2D eigenvalue weighted by molar-refractivity contribution is -0.159. The van der Waals surface area contributed by atoms with Crippen molar-refractivity contribution in [1.82, 2.24) is 0 Å². The molecule has 4 aliphatic rings. The lowest BCUT2D eigenvalue weighted by Gasteiger charge is -2.62. The van der Waals surface area contributed by atoms with Crippen molar-refractivity contribution in [3.05, 3.63) is 0 Å². The minimum atomic E-state index is -0.116. The first-order chi connectivity index (χ1) is 11.8. The number of ether oxygens (including phenoxy) is 1. The molecule has 4 aliphatic carbocycles. The second-order valence-corrected chi connectivity index (χ2v) is 10.0. The topological polar surface area (TPSA) is 72.5 Å². The van der Waals surface area contributed by atoms with Gasteiger partial charge in [0.05, 0.1) is 19.1 Å². The van der Waals surface area contributed by atoms with E-state index in [9.17, 15) is 9.90 Å². The number of fused-ring (bicyclic) bond motifs is 5. The van der Waals surface area contributed by atoms with Crippen LogP contribution in [0.5, 0.6) is 0 Å². The molecule has 0 heterocycles. The van der Waals surface area contributed by atoms with Gasteiger partial charge in [0, 0.05) is 6.04 Å². The van der Waals surface area contributed by atoms with Crippen molar-refractivity contribution in [1.29, 1.82) is 0 Å². The molecule has 9 atom stereocenters. The molecular formula is C21H35NO3. The van der Waals surface area contributed by atoms with Crippen LogP contribution < -0.4 is 5.73 Å². The van der Waals surface area contributed by atoms with Gasteiger partial charge >= 0.3 is 5.97 Å². The molecule has 4 heteroatoms. The monoisotopic (exact) mass is 349 g/mol. The number of rotatable bonds is 1. The van der Waals surface area contributed by atoms with Crippen LogP contribution >= 0.6 is 0 Å². The minimum absolute atomic E-state index is 0.00501. The lowest BCUT2D eigenvalue weighted by Crippen LogP contribution is -2.61. The Morgan fingerprint density at radius 3 is 2.60 bits per heavy atom. The fourth-order valence-electron chi connectivity index (χ4n) is 8.03. The summed E-state index contributed by atoms with van der Waals surface area (Å²) in [5.74, 6) is 2.40. The number of esters is 1. The summed E-state index contributed by atoms with van der Waals surface area (Å²) in [6, 6.07) is 0.166. The van der Waals surface area contributed by atoms with Gasteiger partial charge in [0.2, 0.25) is 0 Å². The van der Waals surface area contributed by atoms with Crippen LogP contribution in [0.25, 0.3) is 0 Å². The molecule has 0 aromatic carbocycles. The van der Waals surface area contributed by atoms with Crippen molar-refractivity contribution in [3.8, 4) is 0 Å². The van der Waals surface area contributed by atoms with Crippen molar-refractivity contribution in [2.75, 3.05) is 7.11 Å². The highest BCUT2D eigenvalue weighted by molar-refractivity contribution is 5.73. The highest BCUT2D eigenvalue weighted by Gasteiger charge is 2.63. The van der Waals surface area contributed by atoms with Gasteiger partial charge < -0.3 is 15.6 Å². The molecule has 4 fully saturated rings. The Hall–Kier alpha value is -0.610. The first-order valence-electron chi connectivity index (χ1n) is 10.3. The molecule has 0 bridgehead atoms. The van der Waals surface area contributed by atoms with Crippen LogP contribution in [0.1, 0.15) is 65.2 Å². The van der Waals surface area contributed by atoms with Crippen LogP contribution in [0.2, 0.25) is 0 Å². The fourth-order valence-corrected chi connectivity index (χ4v) is 8.03. The Morgan fingerprint density at radius 1 is 1.12 bits per heavy atom. The first-order valence-corrected chi connectivity index (χ1v) is 10.3. The van der Waals surface area contributed by atoms with Gasteiger partial charge in [0.15, 0.2) is 0 Å². The Balaban J connectivity index is 1.65. The van der Waals surface area contributed by atoms with Gasteiger partial charge in [-0.05, 0) is 85.9 Å². The summed E-state index contributed by atoms with van der Waals surface area (Å²) in [5, 5.41) is 10.2. The number of aliphatic hydroxyl groups excluding tert-OH is 1. The van der Waals surface area contributed by atoms with Crippen molar-refractivity contribution < 1.29 is 14.6 Å². The SMILES string of the molecule is COC(=O)[C@H]1CC[C@H]2[C@@H]3CC[C@@H]4C[C@H](O)CC[C@]4(C)[C@H]3[C@H](N)C[C@]12C. The molecule has 0 radical (unpaired) electrons. The Kier molecular flexibility index (Phi) is 4.23. The Bertz CT molecular complexity index is 551. The zero-order valence-corrected chi connectivity index (χ0v) is 16.0. The van der Waals surface area contributed by atoms with E-state index in [-0.39, 0.29) is 34.9 Å². The van der Waals surface area contributed by atoms with E-state index < -0.39 is 0 Å². The molecule has 0 unspecified atom stereocenters. The zero-order valence-electron chi connectivity index (χ0n) is 16.0. The lowest BCUT2D eigenvalue weighted by atomic mass is 9.43. The summed E-state index contributed by atoms with van der Waals surface area (Å²) < 4.78 is 5.13. The van der Waals surface area contributed by atoms with Crippen molar-refractivity contribution in [3.63, 3.8) is 0 Å². The van der Waals surface area contributed by atoms with E-state index in [4.69, 9.17) is 10.5 Å². The number of carbonyl (C=O) groups excluding carboxylic acids is 1. The normalized spacial score (nSPS) is 55.0. The van der Waals surface area contributed by atoms with E-state index in [0.29, 0.717) is 23.7 Å². The third kappa shape index (κ3) is 2.43. The highest BCUT2D eigenvalue weighted by atomic mass is 16.5. The molecule has 4 rings (SSSR count). The molecule has 4 saturated carbocycles. The summed E-state index contributed by atoms with van der Waals surface area (Å²) in [6.07, 6.45) is 8.37. The van der Waals surface area contributed by atoms with Crippen LogP contribution in [0.4, 0.5) is 0 Å². The van der Waals surface area contributed by atoms with Crippen LogP contribution in [0, 0.1) is 40.4 Å². The van der Waals surface area contributed by atoms with E-state index >= 15 is 0 Å². The summed E-state index contributed by atoms with van der Waals surface area (Å²) in [4.78, 5) is 12.4. The summed E-state index contributed by atoms with van der Waals surface area (Å²) in [5.41, 5.74) is 7.12. The summed E-state index contributed by atoms with van der Waals surface area (Å²) >= 11 is 0. The molecule has 25 heavy (non-hydrogen) atoms. The highest BCUT2D eigenvalue weighted by Crippen LogP contribution is 2.67. The van der Waals surface area contributed by atoms with Crippen LogP contribution in [-0.2, 0) is 9.53 Å². The van der Waals surface area contributed by atoms with Crippen LogP contribution in [0.15, 0.2) is 0 Å². The van der Waals surface area contributed by atoms with Gasteiger partial charge in [-0.25, -0.2) is 0 Å². The van der Waals surface area contributed by atoms with Crippen LogP contribution in [0.3, 0.4) is 0 Å². The molecule has 0 spiro atoms. The second kappa shape index (κ2) is 5.95. The maximum Gasteiger partial charge on any atom is 0.309 e. The van der Waals surface area contributed by atoms with Gasteiger partial charge in [0.25, 0.3) is 0 Å². The molecule has 0 aromatic heterocycles. The van der Waals surface area contributed by atoms with Crippen molar-refractivity contribution in [2.24, 2.45) is 46.2 Å². The Labute approximate surface area is 151 Å². The molecule has 3 N–H and O–H groups in total. The average molecular weight is 350 g/mol. The first kappa shape index (κ1) is 17.8. The standard InChI is InChI=1S/C21H35NO3/c1-20-9-8-13(23)10-12(20)4-5-14-15-6-7-16(19(24)25-3)21(15,2)11-17(22)18(14)20/h12-18,23H,4-11,22H2,1-3H3/t12-,13-,14+,15+,16-,17-,18-,20+,21+/m1/s1. The molecule has 0 aliphatic heterocycles. The number of methoxy groups -OCH3 is 1. The van der Waals surface area contributed by atoms with Crippen molar-refractivity contribution >= 4 is 5.97 Å².